The van der Waals surface area contributed by atoms with Gasteiger partial charge in [-0.25, -0.2) is 4.98 Å². The molecule has 1 saturated heterocycles. The molecule has 0 aliphatic carbocycles. The molecule has 0 saturated carbocycles. The minimum absolute atomic E-state index is 0.140. The highest BCUT2D eigenvalue weighted by molar-refractivity contribution is 6.03. The lowest BCUT2D eigenvalue weighted by molar-refractivity contribution is 0.102. The summed E-state index contributed by atoms with van der Waals surface area (Å²) in [5, 5.41) is 3.07. The number of para-hydroxylation sites is 1. The first-order valence-corrected chi connectivity index (χ1v) is 8.86. The number of hydrogen-bond acceptors (Lipinski definition) is 3. The van der Waals surface area contributed by atoms with Gasteiger partial charge in [-0.15, -0.1) is 0 Å². The number of rotatable bonds is 5. The van der Waals surface area contributed by atoms with E-state index in [-0.39, 0.29) is 5.91 Å². The van der Waals surface area contributed by atoms with Crippen LogP contribution < -0.4 is 10.2 Å². The van der Waals surface area contributed by atoms with Crippen LogP contribution >= 0.6 is 0 Å². The van der Waals surface area contributed by atoms with E-state index in [4.69, 9.17) is 0 Å². The summed E-state index contributed by atoms with van der Waals surface area (Å²) in [6, 6.07) is 10.0. The number of anilines is 2. The average Bonchev–Trinajstić information content (AvgIpc) is 3.16. The van der Waals surface area contributed by atoms with Gasteiger partial charge in [0.15, 0.2) is 0 Å². The fraction of sp³-hybridized carbons (Fsp3) is 0.400. The molecule has 1 fully saturated rings. The molecule has 1 aliphatic heterocycles. The molecule has 0 bridgehead atoms. The second-order valence-corrected chi connectivity index (χ2v) is 6.21. The molecule has 1 aliphatic rings. The van der Waals surface area contributed by atoms with Crippen molar-refractivity contribution in [2.45, 2.75) is 39.5 Å². The highest BCUT2D eigenvalue weighted by Gasteiger charge is 2.15. The maximum Gasteiger partial charge on any atom is 0.274 e. The molecule has 2 aromatic rings. The zero-order valence-electron chi connectivity index (χ0n) is 14.5. The maximum absolute atomic E-state index is 12.6. The van der Waals surface area contributed by atoms with Crippen LogP contribution in [0.25, 0.3) is 0 Å². The molecule has 3 rings (SSSR count). The molecule has 0 spiro atoms. The minimum Gasteiger partial charge on any atom is -0.370 e. The van der Waals surface area contributed by atoms with Gasteiger partial charge in [-0.3, -0.25) is 4.79 Å². The number of benzene rings is 1. The van der Waals surface area contributed by atoms with Gasteiger partial charge in [0.25, 0.3) is 5.91 Å². The number of carbonyl (C=O) groups is 1. The van der Waals surface area contributed by atoms with Crippen LogP contribution in [0.1, 0.15) is 48.3 Å². The largest absolute Gasteiger partial charge is 0.370 e. The third kappa shape index (κ3) is 3.42. The molecule has 0 atom stereocenters. The second-order valence-electron chi connectivity index (χ2n) is 6.21. The number of amides is 1. The highest BCUT2D eigenvalue weighted by Crippen LogP contribution is 2.24. The van der Waals surface area contributed by atoms with Crippen molar-refractivity contribution in [1.82, 2.24) is 4.98 Å². The van der Waals surface area contributed by atoms with Gasteiger partial charge < -0.3 is 10.2 Å². The lowest BCUT2D eigenvalue weighted by atomic mass is 10.0. The van der Waals surface area contributed by atoms with Crippen LogP contribution in [-0.2, 0) is 12.8 Å². The van der Waals surface area contributed by atoms with Crippen LogP contribution in [0.3, 0.4) is 0 Å². The summed E-state index contributed by atoms with van der Waals surface area (Å²) in [7, 11) is 0. The normalized spacial score (nSPS) is 14.0. The number of pyridine rings is 1. The number of carbonyl (C=O) groups excluding carboxylic acids is 1. The van der Waals surface area contributed by atoms with Gasteiger partial charge in [-0.2, -0.15) is 0 Å². The van der Waals surface area contributed by atoms with Crippen LogP contribution in [0.2, 0.25) is 0 Å². The first kappa shape index (κ1) is 16.5. The van der Waals surface area contributed by atoms with Gasteiger partial charge in [0.2, 0.25) is 0 Å². The van der Waals surface area contributed by atoms with Crippen molar-refractivity contribution in [2.75, 3.05) is 23.3 Å². The Bertz CT molecular complexity index is 681. The van der Waals surface area contributed by atoms with E-state index < -0.39 is 0 Å². The van der Waals surface area contributed by atoms with E-state index in [1.165, 1.54) is 12.8 Å². The summed E-state index contributed by atoms with van der Waals surface area (Å²) in [5.74, 6) is -0.140. The summed E-state index contributed by atoms with van der Waals surface area (Å²) in [5.41, 5.74) is 4.84. The highest BCUT2D eigenvalue weighted by atomic mass is 16.1. The predicted octanol–water partition coefficient (Wildman–Crippen LogP) is 4.06. The molecule has 126 valence electrons. The zero-order chi connectivity index (χ0) is 16.9. The van der Waals surface area contributed by atoms with E-state index in [9.17, 15) is 4.79 Å². The van der Waals surface area contributed by atoms with Crippen molar-refractivity contribution in [1.29, 1.82) is 0 Å². The molecular formula is C20H25N3O. The number of nitrogens with zero attached hydrogens (tertiary/aromatic N) is 2. The van der Waals surface area contributed by atoms with Crippen molar-refractivity contribution in [3.05, 3.63) is 53.3 Å². The maximum atomic E-state index is 12.6. The monoisotopic (exact) mass is 323 g/mol. The Morgan fingerprint density at radius 2 is 1.75 bits per heavy atom. The zero-order valence-corrected chi connectivity index (χ0v) is 14.5. The van der Waals surface area contributed by atoms with Gasteiger partial charge in [-0.1, -0.05) is 32.0 Å². The van der Waals surface area contributed by atoms with E-state index >= 15 is 0 Å². The second kappa shape index (κ2) is 7.47. The summed E-state index contributed by atoms with van der Waals surface area (Å²) in [6.45, 7) is 6.37. The van der Waals surface area contributed by atoms with Crippen molar-refractivity contribution in [3.63, 3.8) is 0 Å². The third-order valence-corrected chi connectivity index (χ3v) is 4.69. The van der Waals surface area contributed by atoms with Crippen molar-refractivity contribution < 1.29 is 4.79 Å². The molecule has 4 heteroatoms. The van der Waals surface area contributed by atoms with Crippen LogP contribution in [0.5, 0.6) is 0 Å². The molecule has 24 heavy (non-hydrogen) atoms. The molecule has 1 aromatic carbocycles. The molecular weight excluding hydrogens is 298 g/mol. The van der Waals surface area contributed by atoms with E-state index in [0.717, 1.165) is 48.4 Å². The Morgan fingerprint density at radius 1 is 1.08 bits per heavy atom. The lowest BCUT2D eigenvalue weighted by Gasteiger charge is -2.17. The molecule has 1 amide bonds. The van der Waals surface area contributed by atoms with Gasteiger partial charge in [0.1, 0.15) is 5.69 Å². The summed E-state index contributed by atoms with van der Waals surface area (Å²) in [6.07, 6.45) is 6.06. The summed E-state index contributed by atoms with van der Waals surface area (Å²) in [4.78, 5) is 19.3. The number of aryl methyl sites for hydroxylation is 2. The first-order chi connectivity index (χ1) is 11.7. The van der Waals surface area contributed by atoms with Crippen molar-refractivity contribution >= 4 is 17.3 Å². The number of aromatic nitrogens is 1. The van der Waals surface area contributed by atoms with Crippen LogP contribution in [-0.4, -0.2) is 24.0 Å². The van der Waals surface area contributed by atoms with Gasteiger partial charge >= 0.3 is 0 Å². The van der Waals surface area contributed by atoms with Gasteiger partial charge in [0, 0.05) is 18.8 Å². The van der Waals surface area contributed by atoms with Crippen LogP contribution in [0.4, 0.5) is 11.4 Å². The smallest absolute Gasteiger partial charge is 0.274 e. The standard InChI is InChI=1S/C20H25N3O/c1-3-15-8-7-9-16(4-2)19(15)22-20(24)18-11-10-17(14-21-18)23-12-5-6-13-23/h7-11,14H,3-6,12-13H2,1-2H3,(H,22,24). The van der Waals surface area contributed by atoms with Gasteiger partial charge in [0.05, 0.1) is 11.9 Å². The van der Waals surface area contributed by atoms with Crippen molar-refractivity contribution in [3.8, 4) is 0 Å². The first-order valence-electron chi connectivity index (χ1n) is 8.86. The predicted molar refractivity (Wildman–Crippen MR) is 98.8 cm³/mol. The Morgan fingerprint density at radius 3 is 2.29 bits per heavy atom. The van der Waals surface area contributed by atoms with E-state index in [2.05, 4.69) is 47.2 Å². The molecule has 2 heterocycles. The fourth-order valence-corrected chi connectivity index (χ4v) is 3.26. The molecule has 0 radical (unpaired) electrons. The minimum atomic E-state index is -0.140. The fourth-order valence-electron chi connectivity index (χ4n) is 3.26. The molecule has 1 N–H and O–H groups in total. The van der Waals surface area contributed by atoms with Crippen LogP contribution in [0.15, 0.2) is 36.5 Å². The molecule has 4 nitrogen and oxygen atoms in total. The quantitative estimate of drug-likeness (QED) is 0.902. The van der Waals surface area contributed by atoms with Crippen molar-refractivity contribution in [2.24, 2.45) is 0 Å². The third-order valence-electron chi connectivity index (χ3n) is 4.69. The Kier molecular flexibility index (Phi) is 5.14. The van der Waals surface area contributed by atoms with E-state index in [0.29, 0.717) is 5.69 Å². The lowest BCUT2D eigenvalue weighted by Crippen LogP contribution is -2.19. The van der Waals surface area contributed by atoms with E-state index in [1.807, 2.05) is 18.3 Å². The summed E-state index contributed by atoms with van der Waals surface area (Å²) >= 11 is 0. The number of nitrogens with one attached hydrogen (secondary N) is 1. The van der Waals surface area contributed by atoms with Crippen LogP contribution in [0, 0.1) is 0 Å². The van der Waals surface area contributed by atoms with Gasteiger partial charge in [-0.05, 0) is 48.9 Å². The van der Waals surface area contributed by atoms with E-state index in [1.54, 1.807) is 0 Å². The SMILES string of the molecule is CCc1cccc(CC)c1NC(=O)c1ccc(N2CCCC2)cn1. The average molecular weight is 323 g/mol. The Labute approximate surface area is 143 Å². The topological polar surface area (TPSA) is 45.2 Å². The molecule has 0 unspecified atom stereocenters. The summed E-state index contributed by atoms with van der Waals surface area (Å²) < 4.78 is 0. The molecule has 1 aromatic heterocycles. The Balaban J connectivity index is 1.78. The Hall–Kier alpha value is -2.36. The number of hydrogen-bond donors (Lipinski definition) is 1.